The summed E-state index contributed by atoms with van der Waals surface area (Å²) >= 11 is 3.86. The van der Waals surface area contributed by atoms with Crippen LogP contribution in [-0.4, -0.2) is 35.5 Å². The first-order valence-electron chi connectivity index (χ1n) is 6.18. The number of unbranched alkanes of at least 4 members (excludes halogenated alkanes) is 2. The molecule has 1 unspecified atom stereocenters. The molecule has 4 heteroatoms. The van der Waals surface area contributed by atoms with Gasteiger partial charge in [0, 0.05) is 11.8 Å². The van der Waals surface area contributed by atoms with Crippen LogP contribution in [0.2, 0.25) is 0 Å². The van der Waals surface area contributed by atoms with Crippen molar-refractivity contribution in [1.82, 2.24) is 5.32 Å². The van der Waals surface area contributed by atoms with Crippen molar-refractivity contribution in [3.8, 4) is 0 Å². The lowest BCUT2D eigenvalue weighted by atomic mass is 10.1. The lowest BCUT2D eigenvalue weighted by Gasteiger charge is -2.12. The second-order valence-corrected chi connectivity index (χ2v) is 6.74. The number of thioether (sulfide) groups is 2. The Morgan fingerprint density at radius 2 is 2.25 bits per heavy atom. The van der Waals surface area contributed by atoms with Crippen LogP contribution in [0.25, 0.3) is 0 Å². The Morgan fingerprint density at radius 1 is 1.44 bits per heavy atom. The van der Waals surface area contributed by atoms with E-state index in [0.717, 1.165) is 19.0 Å². The average Bonchev–Trinajstić information content (AvgIpc) is 2.72. The highest BCUT2D eigenvalue weighted by Crippen LogP contribution is 2.25. The number of nitrogens with zero attached hydrogens (tertiary/aromatic N) is 1. The Morgan fingerprint density at radius 3 is 2.88 bits per heavy atom. The molecule has 0 spiro atoms. The minimum atomic E-state index is 0.694. The molecule has 1 atom stereocenters. The fourth-order valence-corrected chi connectivity index (χ4v) is 3.11. The van der Waals surface area contributed by atoms with E-state index in [4.69, 9.17) is 0 Å². The zero-order valence-corrected chi connectivity index (χ0v) is 12.3. The van der Waals surface area contributed by atoms with Crippen molar-refractivity contribution in [3.05, 3.63) is 0 Å². The summed E-state index contributed by atoms with van der Waals surface area (Å²) in [7, 11) is 0. The van der Waals surface area contributed by atoms with E-state index in [0.29, 0.717) is 5.25 Å². The number of hydrogen-bond acceptors (Lipinski definition) is 4. The van der Waals surface area contributed by atoms with Gasteiger partial charge in [-0.15, -0.1) is 0 Å². The van der Waals surface area contributed by atoms with Crippen molar-refractivity contribution in [1.29, 1.82) is 0 Å². The first kappa shape index (κ1) is 14.2. The fourth-order valence-electron chi connectivity index (χ4n) is 1.58. The molecule has 1 aliphatic rings. The maximum absolute atomic E-state index is 4.54. The van der Waals surface area contributed by atoms with Gasteiger partial charge in [-0.05, 0) is 30.8 Å². The number of rotatable bonds is 7. The minimum Gasteiger partial charge on any atom is -0.365 e. The zero-order valence-electron chi connectivity index (χ0n) is 10.7. The van der Waals surface area contributed by atoms with Gasteiger partial charge in [0.1, 0.15) is 0 Å². The van der Waals surface area contributed by atoms with Crippen LogP contribution < -0.4 is 5.32 Å². The molecule has 0 saturated carbocycles. The SMILES string of the molecule is CSCCCCCNC1=NCC(C(C)C)S1. The van der Waals surface area contributed by atoms with E-state index in [1.165, 1.54) is 30.2 Å². The van der Waals surface area contributed by atoms with E-state index in [-0.39, 0.29) is 0 Å². The molecule has 1 aliphatic heterocycles. The Labute approximate surface area is 108 Å². The molecular weight excluding hydrogens is 236 g/mol. The summed E-state index contributed by atoms with van der Waals surface area (Å²) in [6, 6.07) is 0. The Kier molecular flexibility index (Phi) is 7.37. The summed E-state index contributed by atoms with van der Waals surface area (Å²) in [5.41, 5.74) is 0. The van der Waals surface area contributed by atoms with Crippen molar-refractivity contribution in [2.75, 3.05) is 25.1 Å². The fraction of sp³-hybridized carbons (Fsp3) is 0.917. The third kappa shape index (κ3) is 5.48. The van der Waals surface area contributed by atoms with Gasteiger partial charge in [0.25, 0.3) is 0 Å². The van der Waals surface area contributed by atoms with Gasteiger partial charge in [0.15, 0.2) is 5.17 Å². The Balaban J connectivity index is 1.98. The van der Waals surface area contributed by atoms with Crippen LogP contribution in [0.4, 0.5) is 0 Å². The lowest BCUT2D eigenvalue weighted by molar-refractivity contribution is 0.621. The largest absolute Gasteiger partial charge is 0.365 e. The molecule has 1 rings (SSSR count). The van der Waals surface area contributed by atoms with Crippen LogP contribution in [0.5, 0.6) is 0 Å². The molecule has 16 heavy (non-hydrogen) atoms. The van der Waals surface area contributed by atoms with Crippen LogP contribution >= 0.6 is 23.5 Å². The maximum Gasteiger partial charge on any atom is 0.156 e. The predicted molar refractivity (Wildman–Crippen MR) is 78.8 cm³/mol. The quantitative estimate of drug-likeness (QED) is 0.711. The molecule has 0 bridgehead atoms. The van der Waals surface area contributed by atoms with E-state index >= 15 is 0 Å². The van der Waals surface area contributed by atoms with E-state index in [9.17, 15) is 0 Å². The summed E-state index contributed by atoms with van der Waals surface area (Å²) < 4.78 is 0. The van der Waals surface area contributed by atoms with Crippen molar-refractivity contribution in [2.45, 2.75) is 38.4 Å². The first-order valence-corrected chi connectivity index (χ1v) is 8.45. The molecule has 2 nitrogen and oxygen atoms in total. The summed E-state index contributed by atoms with van der Waals surface area (Å²) in [4.78, 5) is 4.54. The van der Waals surface area contributed by atoms with Gasteiger partial charge in [-0.1, -0.05) is 32.0 Å². The standard InChI is InChI=1S/C12H24N2S2/c1-10(2)11-9-14-12(16-11)13-7-5-4-6-8-15-3/h10-11H,4-9H2,1-3H3,(H,13,14). The smallest absolute Gasteiger partial charge is 0.156 e. The minimum absolute atomic E-state index is 0.694. The highest BCUT2D eigenvalue weighted by atomic mass is 32.2. The lowest BCUT2D eigenvalue weighted by Crippen LogP contribution is -2.21. The van der Waals surface area contributed by atoms with Crippen molar-refractivity contribution in [3.63, 3.8) is 0 Å². The van der Waals surface area contributed by atoms with Gasteiger partial charge in [0.05, 0.1) is 6.54 Å². The summed E-state index contributed by atoms with van der Waals surface area (Å²) in [5, 5.41) is 5.31. The molecule has 94 valence electrons. The van der Waals surface area contributed by atoms with E-state index in [2.05, 4.69) is 30.4 Å². The van der Waals surface area contributed by atoms with E-state index < -0.39 is 0 Å². The van der Waals surface area contributed by atoms with Crippen LogP contribution in [-0.2, 0) is 0 Å². The van der Waals surface area contributed by atoms with Crippen LogP contribution in [0.3, 0.4) is 0 Å². The molecule has 1 heterocycles. The molecule has 0 fully saturated rings. The van der Waals surface area contributed by atoms with Crippen molar-refractivity contribution >= 4 is 28.7 Å². The summed E-state index contributed by atoms with van der Waals surface area (Å²) in [6.45, 7) is 6.64. The zero-order chi connectivity index (χ0) is 11.8. The molecule has 0 aromatic heterocycles. The van der Waals surface area contributed by atoms with Gasteiger partial charge >= 0.3 is 0 Å². The Hall–Kier alpha value is 0.170. The molecule has 0 radical (unpaired) electrons. The van der Waals surface area contributed by atoms with Crippen LogP contribution in [0.15, 0.2) is 4.99 Å². The maximum atomic E-state index is 4.54. The van der Waals surface area contributed by atoms with Crippen molar-refractivity contribution in [2.24, 2.45) is 10.9 Å². The molecule has 1 N–H and O–H groups in total. The summed E-state index contributed by atoms with van der Waals surface area (Å²) in [5.74, 6) is 2.03. The summed E-state index contributed by atoms with van der Waals surface area (Å²) in [6.07, 6.45) is 6.12. The number of amidine groups is 1. The second-order valence-electron chi connectivity index (χ2n) is 4.53. The molecule has 0 aromatic rings. The number of aliphatic imine (C=N–C) groups is 1. The van der Waals surface area contributed by atoms with Crippen LogP contribution in [0.1, 0.15) is 33.1 Å². The molecule has 0 saturated heterocycles. The van der Waals surface area contributed by atoms with Gasteiger partial charge in [-0.2, -0.15) is 11.8 Å². The van der Waals surface area contributed by atoms with Crippen LogP contribution in [0, 0.1) is 5.92 Å². The van der Waals surface area contributed by atoms with Gasteiger partial charge in [-0.25, -0.2) is 0 Å². The van der Waals surface area contributed by atoms with Gasteiger partial charge in [0.2, 0.25) is 0 Å². The highest BCUT2D eigenvalue weighted by molar-refractivity contribution is 8.14. The third-order valence-electron chi connectivity index (χ3n) is 2.72. The molecule has 0 aromatic carbocycles. The second kappa shape index (κ2) is 8.29. The molecule has 0 aliphatic carbocycles. The van der Waals surface area contributed by atoms with Gasteiger partial charge in [-0.3, -0.25) is 4.99 Å². The van der Waals surface area contributed by atoms with Gasteiger partial charge < -0.3 is 5.32 Å². The monoisotopic (exact) mass is 260 g/mol. The predicted octanol–water partition coefficient (Wildman–Crippen LogP) is 3.24. The Bertz CT molecular complexity index is 217. The van der Waals surface area contributed by atoms with Crippen molar-refractivity contribution < 1.29 is 0 Å². The topological polar surface area (TPSA) is 24.4 Å². The normalized spacial score (nSPS) is 20.2. The molecular formula is C12H24N2S2. The highest BCUT2D eigenvalue weighted by Gasteiger charge is 2.21. The first-order chi connectivity index (χ1) is 7.74. The number of hydrogen-bond donors (Lipinski definition) is 1. The van der Waals surface area contributed by atoms with E-state index in [1.807, 2.05) is 23.5 Å². The van der Waals surface area contributed by atoms with E-state index in [1.54, 1.807) is 0 Å². The average molecular weight is 260 g/mol. The third-order valence-corrected chi connectivity index (χ3v) is 4.91. The molecule has 0 amide bonds. The number of nitrogens with one attached hydrogen (secondary N) is 1.